The van der Waals surface area contributed by atoms with Gasteiger partial charge in [-0.15, -0.1) is 0 Å². The van der Waals surface area contributed by atoms with E-state index in [1.54, 1.807) is 27.7 Å². The molecule has 8 rings (SSSR count). The lowest BCUT2D eigenvalue weighted by molar-refractivity contribution is -0.334. The molecule has 0 saturated carbocycles. The van der Waals surface area contributed by atoms with E-state index < -0.39 is 201 Å². The maximum Gasteiger partial charge on any atom is 0.306 e. The molecule has 1 aliphatic carbocycles. The van der Waals surface area contributed by atoms with E-state index in [1.807, 2.05) is 0 Å². The molecule has 2 aromatic carbocycles. The molecular formula is C56H80O27. The summed E-state index contributed by atoms with van der Waals surface area (Å²) in [5.41, 5.74) is -1.67. The predicted molar refractivity (Wildman–Crippen MR) is 279 cm³/mol. The number of aliphatic carboxylic acids is 1. The van der Waals surface area contributed by atoms with E-state index in [0.29, 0.717) is 0 Å². The number of carbonyl (C=O) groups is 4. The summed E-state index contributed by atoms with van der Waals surface area (Å²) < 4.78 is 71.9. The first kappa shape index (κ1) is 64.7. The van der Waals surface area contributed by atoms with Crippen LogP contribution in [-0.2, 0) is 72.9 Å². The number of aromatic hydroxyl groups is 2. The van der Waals surface area contributed by atoms with Crippen LogP contribution in [0.4, 0.5) is 0 Å². The van der Waals surface area contributed by atoms with Crippen LogP contribution >= 0.6 is 0 Å². The van der Waals surface area contributed by atoms with E-state index in [2.05, 4.69) is 0 Å². The Morgan fingerprint density at radius 1 is 0.699 bits per heavy atom. The zero-order valence-corrected chi connectivity index (χ0v) is 47.6. The summed E-state index contributed by atoms with van der Waals surface area (Å²) in [4.78, 5) is 53.3. The van der Waals surface area contributed by atoms with E-state index in [0.717, 1.165) is 7.11 Å². The van der Waals surface area contributed by atoms with Gasteiger partial charge in [0.15, 0.2) is 42.8 Å². The molecule has 5 heterocycles. The number of phenols is 2. The highest BCUT2D eigenvalue weighted by atomic mass is 16.7. The molecule has 11 N–H and O–H groups in total. The average Bonchev–Trinajstić information content (AvgIpc) is 2.72. The number of hydrogen-bond donors (Lipinski definition) is 11. The highest BCUT2D eigenvalue weighted by molar-refractivity contribution is 6.11. The number of hydrogen-bond acceptors (Lipinski definition) is 26. The summed E-state index contributed by atoms with van der Waals surface area (Å²) in [5, 5.41) is 120. The van der Waals surface area contributed by atoms with E-state index in [4.69, 9.17) is 61.9 Å². The quantitative estimate of drug-likeness (QED) is 0.0835. The summed E-state index contributed by atoms with van der Waals surface area (Å²) in [5.74, 6) is -6.81. The molecule has 0 amide bonds. The molecule has 6 aliphatic rings. The number of aliphatic hydroxyl groups excluding tert-OH is 7. The van der Waals surface area contributed by atoms with Crippen molar-refractivity contribution in [1.82, 2.24) is 0 Å². The molecule has 83 heavy (non-hydrogen) atoms. The van der Waals surface area contributed by atoms with Crippen molar-refractivity contribution in [2.45, 2.75) is 254 Å². The number of carboxylic acid groups (broad SMARTS) is 1. The number of carboxylic acids is 1. The van der Waals surface area contributed by atoms with Crippen molar-refractivity contribution < 1.29 is 132 Å². The monoisotopic (exact) mass is 1180 g/mol. The van der Waals surface area contributed by atoms with Crippen LogP contribution < -0.4 is 4.74 Å². The van der Waals surface area contributed by atoms with Gasteiger partial charge in [0, 0.05) is 50.7 Å². The third-order valence-corrected chi connectivity index (χ3v) is 16.7. The van der Waals surface area contributed by atoms with Gasteiger partial charge in [0.1, 0.15) is 66.1 Å². The second kappa shape index (κ2) is 26.3. The Morgan fingerprint density at radius 3 is 1.75 bits per heavy atom. The largest absolute Gasteiger partial charge is 0.507 e. The molecule has 25 atom stereocenters. The Morgan fingerprint density at radius 2 is 1.20 bits per heavy atom. The molecule has 0 aromatic heterocycles. The fourth-order valence-corrected chi connectivity index (χ4v) is 11.9. The lowest BCUT2D eigenvalue weighted by atomic mass is 9.75. The van der Waals surface area contributed by atoms with Gasteiger partial charge in [-0.2, -0.15) is 0 Å². The number of methoxy groups -OCH3 is 1. The lowest BCUT2D eigenvalue weighted by Crippen LogP contribution is -2.58. The summed E-state index contributed by atoms with van der Waals surface area (Å²) in [6.07, 6.45) is -29.5. The van der Waals surface area contributed by atoms with Gasteiger partial charge in [-0.1, -0.05) is 0 Å². The maximum absolute atomic E-state index is 15.2. The second-order valence-electron chi connectivity index (χ2n) is 23.1. The number of carbonyl (C=O) groups excluding carboxylic acids is 3. The first-order valence-corrected chi connectivity index (χ1v) is 28.1. The smallest absolute Gasteiger partial charge is 0.306 e. The Hall–Kier alpha value is -4.34. The molecular weight excluding hydrogens is 1100 g/mol. The van der Waals surface area contributed by atoms with Gasteiger partial charge in [0.05, 0.1) is 84.3 Å². The Labute approximate surface area is 478 Å². The molecule has 0 unspecified atom stereocenters. The van der Waals surface area contributed by atoms with Crippen LogP contribution in [0.1, 0.15) is 115 Å². The van der Waals surface area contributed by atoms with Crippen molar-refractivity contribution in [3.8, 4) is 17.2 Å². The van der Waals surface area contributed by atoms with Crippen LogP contribution in [0.3, 0.4) is 0 Å². The molecule has 5 fully saturated rings. The lowest BCUT2D eigenvalue weighted by Gasteiger charge is -2.46. The first-order chi connectivity index (χ1) is 39.0. The topological polar surface area (TPSA) is 402 Å². The molecule has 27 nitrogen and oxygen atoms in total. The van der Waals surface area contributed by atoms with Crippen LogP contribution in [0, 0.1) is 12.8 Å². The van der Waals surface area contributed by atoms with Gasteiger partial charge >= 0.3 is 11.9 Å². The summed E-state index contributed by atoms with van der Waals surface area (Å²) in [6, 6.07) is 2.95. The van der Waals surface area contributed by atoms with E-state index >= 15 is 4.79 Å². The Kier molecular flexibility index (Phi) is 20.5. The number of benzene rings is 2. The third-order valence-electron chi connectivity index (χ3n) is 16.7. The average molecular weight is 1190 g/mol. The van der Waals surface area contributed by atoms with Gasteiger partial charge in [0.2, 0.25) is 6.29 Å². The van der Waals surface area contributed by atoms with Crippen molar-refractivity contribution in [3.05, 3.63) is 28.8 Å². The minimum atomic E-state index is -2.10. The van der Waals surface area contributed by atoms with Gasteiger partial charge in [0.25, 0.3) is 0 Å². The molecule has 27 heteroatoms. The third kappa shape index (κ3) is 14.1. The number of esters is 1. The minimum Gasteiger partial charge on any atom is -0.507 e. The van der Waals surface area contributed by atoms with Crippen LogP contribution in [-0.4, -0.2) is 234 Å². The van der Waals surface area contributed by atoms with E-state index in [-0.39, 0.29) is 71.7 Å². The van der Waals surface area contributed by atoms with Crippen molar-refractivity contribution in [2.24, 2.45) is 5.92 Å². The summed E-state index contributed by atoms with van der Waals surface area (Å²) in [7, 11) is 1.13. The van der Waals surface area contributed by atoms with Crippen LogP contribution in [0.2, 0.25) is 0 Å². The Balaban J connectivity index is 1.07. The first-order valence-electron chi connectivity index (χ1n) is 28.1. The van der Waals surface area contributed by atoms with Crippen LogP contribution in [0.5, 0.6) is 17.2 Å². The number of fused-ring (bicyclic) bond motifs is 2. The molecule has 0 bridgehead atoms. The fraction of sp³-hybridized carbons (Fsp3) is 0.750. The highest BCUT2D eigenvalue weighted by Crippen LogP contribution is 2.48. The number of ketones is 2. The predicted octanol–water partition coefficient (Wildman–Crippen LogP) is 0.166. The highest BCUT2D eigenvalue weighted by Gasteiger charge is 2.52. The molecule has 0 radical (unpaired) electrons. The number of phenolic OH excluding ortho intramolecular Hbond substituents is 2. The van der Waals surface area contributed by atoms with Gasteiger partial charge in [-0.25, -0.2) is 0 Å². The van der Waals surface area contributed by atoms with Crippen molar-refractivity contribution in [1.29, 1.82) is 0 Å². The maximum atomic E-state index is 15.2. The number of aliphatic hydroxyl groups is 8. The second-order valence-corrected chi connectivity index (χ2v) is 23.1. The van der Waals surface area contributed by atoms with Crippen molar-refractivity contribution >= 4 is 34.3 Å². The van der Waals surface area contributed by atoms with Crippen LogP contribution in [0.15, 0.2) is 12.1 Å². The zero-order chi connectivity index (χ0) is 60.8. The molecule has 0 spiro atoms. The Bertz CT molecular complexity index is 2620. The minimum absolute atomic E-state index is 0.0559. The van der Waals surface area contributed by atoms with Crippen molar-refractivity contribution in [2.75, 3.05) is 7.11 Å². The SMILES string of the molecule is CO[C@H](C(=O)[C@@H](O)[C@@H](C)OC(=O)CCC(=O)O)[C@@H]1Cc2cc3cc(O[C@H]4C[C@@H](O[C@H]5C[C@@H](O)[C@H](O)[C@@H](C)O5)[C@H](O)[C@@H](C)O4)c(C)c(O)c3c(O)c2C(=O)[C@H]1O[C@H]1C[C@@H](O[C@H]2C[C@@H](O[C@H]3C[C@](C)(O)[C@H](O)[C@@H](C)O3)[C@@H](O)[C@@H](C)O2)[C@H](O)[C@@H](C)O1. The molecule has 5 saturated heterocycles. The normalized spacial score (nSPS) is 39.8. The van der Waals surface area contributed by atoms with Gasteiger partial charge in [-0.05, 0) is 84.9 Å². The van der Waals surface area contributed by atoms with Crippen molar-refractivity contribution in [3.63, 3.8) is 0 Å². The van der Waals surface area contributed by atoms with Crippen LogP contribution in [0.25, 0.3) is 10.8 Å². The molecule has 2 aromatic rings. The summed E-state index contributed by atoms with van der Waals surface area (Å²) in [6.45, 7) is 11.9. The number of ether oxygens (including phenoxy) is 12. The van der Waals surface area contributed by atoms with E-state index in [9.17, 15) is 65.4 Å². The molecule has 5 aliphatic heterocycles. The molecule has 466 valence electrons. The fourth-order valence-electron chi connectivity index (χ4n) is 11.9. The van der Waals surface area contributed by atoms with Gasteiger partial charge in [-0.3, -0.25) is 19.2 Å². The standard InChI is InChI=1S/C56H80O27/c1-20-31(79-38-16-32(46(63)22(3)75-38)80-37-15-30(57)45(62)21(2)74-37)14-28-12-27-13-29(53(72-9)52(69)49(66)25(6)73-36(60)11-10-35(58)59)54(51(68)43(27)50(67)42(28)44(20)61)83-40-18-33(47(64)24(5)77-40)81-39-17-34(48(65)23(4)76-39)82-41-19-56(8,71)55(70)26(7)78-41/h12,14,21-26,29-30,32-34,37-41,45-49,53-55,57,61-67,70-71H,10-11,13,15-19H2,1-9H3,(H,58,59)/t21-,22-,23-,24-,25-,26-,29+,30-,32-,33-,34-,37+,38+,39+,40+,41+,45-,46-,47-,48+,49+,53+,54+,55-,56+/m1/s1. The van der Waals surface area contributed by atoms with Gasteiger partial charge < -0.3 is 113 Å². The number of rotatable bonds is 19. The van der Waals surface area contributed by atoms with E-state index in [1.165, 1.54) is 39.8 Å². The zero-order valence-electron chi connectivity index (χ0n) is 47.6. The number of Topliss-reactive ketones (excluding diaryl/α,β-unsaturated/α-hetero) is 2. The summed E-state index contributed by atoms with van der Waals surface area (Å²) >= 11 is 0.